The fourth-order valence-corrected chi connectivity index (χ4v) is 2.53. The minimum Gasteiger partial charge on any atom is -0.478 e. The molecule has 0 atom stereocenters. The first-order valence-corrected chi connectivity index (χ1v) is 8.09. The molecule has 0 saturated heterocycles. The molecule has 4 rings (SSSR count). The highest BCUT2D eigenvalue weighted by atomic mass is 16.4. The molecule has 0 spiro atoms. The second kappa shape index (κ2) is 8.39. The quantitative estimate of drug-likeness (QED) is 0.312. The van der Waals surface area contributed by atoms with E-state index in [2.05, 4.69) is 20.0 Å². The highest BCUT2D eigenvalue weighted by Gasteiger charge is 2.03. The Bertz CT molecular complexity index is 1230. The standard InChI is InChI=1S/C10H6N4O.C10H7NO2/c11-14-13-10(15)8-1-2-9-6-12-4-3-7(9)5-8;12-10(13)8-1-2-9-6-11-4-3-7(9)5-8/h1-6H;1-6H,(H,12,13). The largest absolute Gasteiger partial charge is 0.478 e. The zero-order valence-electron chi connectivity index (χ0n) is 14.4. The predicted octanol–water partition coefficient (Wildman–Crippen LogP) is 4.62. The van der Waals surface area contributed by atoms with Gasteiger partial charge in [0.1, 0.15) is 0 Å². The first-order chi connectivity index (χ1) is 13.6. The lowest BCUT2D eigenvalue weighted by molar-refractivity contribution is 0.0697. The zero-order valence-corrected chi connectivity index (χ0v) is 14.4. The normalized spacial score (nSPS) is 9.86. The van der Waals surface area contributed by atoms with E-state index in [0.717, 1.165) is 21.5 Å². The summed E-state index contributed by atoms with van der Waals surface area (Å²) < 4.78 is 0. The Kier molecular flexibility index (Phi) is 5.55. The molecule has 0 bridgehead atoms. The van der Waals surface area contributed by atoms with E-state index in [1.165, 1.54) is 0 Å². The number of nitrogens with zero attached hydrogens (tertiary/aromatic N) is 5. The summed E-state index contributed by atoms with van der Waals surface area (Å²) in [5.41, 5.74) is 8.82. The summed E-state index contributed by atoms with van der Waals surface area (Å²) in [5.74, 6) is -1.48. The maximum absolute atomic E-state index is 11.3. The monoisotopic (exact) mass is 371 g/mol. The van der Waals surface area contributed by atoms with Crippen molar-refractivity contribution in [3.8, 4) is 0 Å². The molecule has 4 aromatic rings. The van der Waals surface area contributed by atoms with Crippen molar-refractivity contribution < 1.29 is 14.7 Å². The molecule has 1 N–H and O–H groups in total. The van der Waals surface area contributed by atoms with Gasteiger partial charge in [-0.2, -0.15) is 0 Å². The fourth-order valence-electron chi connectivity index (χ4n) is 2.53. The molecule has 0 saturated carbocycles. The third-order valence-corrected chi connectivity index (χ3v) is 3.91. The van der Waals surface area contributed by atoms with Gasteiger partial charge in [0, 0.05) is 46.0 Å². The zero-order chi connectivity index (χ0) is 19.9. The topological polar surface area (TPSA) is 129 Å². The Morgan fingerprint density at radius 2 is 1.36 bits per heavy atom. The molecule has 136 valence electrons. The summed E-state index contributed by atoms with van der Waals surface area (Å²) in [4.78, 5) is 32.2. The second-order valence-electron chi connectivity index (χ2n) is 5.67. The van der Waals surface area contributed by atoms with Crippen LogP contribution >= 0.6 is 0 Å². The molecule has 1 amide bonds. The number of azide groups is 1. The third-order valence-electron chi connectivity index (χ3n) is 3.91. The van der Waals surface area contributed by atoms with E-state index in [4.69, 9.17) is 10.6 Å². The number of aromatic nitrogens is 2. The van der Waals surface area contributed by atoms with Gasteiger partial charge in [-0.3, -0.25) is 14.8 Å². The van der Waals surface area contributed by atoms with Gasteiger partial charge in [0.25, 0.3) is 0 Å². The third kappa shape index (κ3) is 4.27. The summed E-state index contributed by atoms with van der Waals surface area (Å²) in [6.45, 7) is 0. The summed E-state index contributed by atoms with van der Waals surface area (Å²) >= 11 is 0. The van der Waals surface area contributed by atoms with Gasteiger partial charge in [0.15, 0.2) is 0 Å². The Balaban J connectivity index is 0.000000162. The smallest absolute Gasteiger partial charge is 0.335 e. The van der Waals surface area contributed by atoms with Gasteiger partial charge in [0.05, 0.1) is 5.56 Å². The minimum atomic E-state index is -0.904. The van der Waals surface area contributed by atoms with Crippen LogP contribution in [0.4, 0.5) is 0 Å². The van der Waals surface area contributed by atoms with Crippen molar-refractivity contribution in [3.05, 3.63) is 94.9 Å². The fraction of sp³-hybridized carbons (Fsp3) is 0. The number of carbonyl (C=O) groups is 2. The highest BCUT2D eigenvalue weighted by Crippen LogP contribution is 2.15. The van der Waals surface area contributed by atoms with Crippen LogP contribution in [0.5, 0.6) is 0 Å². The molecule has 2 aromatic heterocycles. The first kappa shape index (κ1) is 18.5. The molecular formula is C20H13N5O3. The molecule has 28 heavy (non-hydrogen) atoms. The molecular weight excluding hydrogens is 358 g/mol. The number of carbonyl (C=O) groups excluding carboxylic acids is 1. The van der Waals surface area contributed by atoms with Crippen molar-refractivity contribution in [3.63, 3.8) is 0 Å². The second-order valence-corrected chi connectivity index (χ2v) is 5.67. The van der Waals surface area contributed by atoms with Crippen LogP contribution < -0.4 is 0 Å². The van der Waals surface area contributed by atoms with Crippen LogP contribution in [0.3, 0.4) is 0 Å². The van der Waals surface area contributed by atoms with Crippen molar-refractivity contribution in [1.29, 1.82) is 0 Å². The van der Waals surface area contributed by atoms with Crippen LogP contribution in [0.2, 0.25) is 0 Å². The first-order valence-electron chi connectivity index (χ1n) is 8.09. The van der Waals surface area contributed by atoms with Gasteiger partial charge in [-0.15, -0.1) is 0 Å². The Hall–Kier alpha value is -4.29. The van der Waals surface area contributed by atoms with Gasteiger partial charge in [-0.05, 0) is 51.7 Å². The van der Waals surface area contributed by atoms with E-state index in [-0.39, 0.29) is 0 Å². The van der Waals surface area contributed by atoms with Crippen molar-refractivity contribution in [1.82, 2.24) is 9.97 Å². The lowest BCUT2D eigenvalue weighted by Gasteiger charge is -1.98. The van der Waals surface area contributed by atoms with Gasteiger partial charge >= 0.3 is 5.97 Å². The number of fused-ring (bicyclic) bond motifs is 2. The van der Waals surface area contributed by atoms with E-state index >= 15 is 0 Å². The van der Waals surface area contributed by atoms with Crippen molar-refractivity contribution in [2.24, 2.45) is 5.11 Å². The van der Waals surface area contributed by atoms with Crippen molar-refractivity contribution >= 4 is 33.4 Å². The van der Waals surface area contributed by atoms with Crippen LogP contribution in [-0.2, 0) is 0 Å². The number of hydrogen-bond donors (Lipinski definition) is 1. The molecule has 0 aliphatic rings. The average molecular weight is 371 g/mol. The molecule has 0 aliphatic heterocycles. The lowest BCUT2D eigenvalue weighted by atomic mass is 10.1. The Labute approximate surface area is 158 Å². The van der Waals surface area contributed by atoms with Crippen molar-refractivity contribution in [2.45, 2.75) is 0 Å². The van der Waals surface area contributed by atoms with Gasteiger partial charge in [0.2, 0.25) is 5.91 Å². The van der Waals surface area contributed by atoms with Crippen LogP contribution in [0.1, 0.15) is 20.7 Å². The number of aromatic carboxylic acids is 1. The maximum Gasteiger partial charge on any atom is 0.335 e. The number of benzene rings is 2. The average Bonchev–Trinajstić information content (AvgIpc) is 2.73. The minimum absolute atomic E-state index is 0.304. The number of carboxylic acid groups (broad SMARTS) is 1. The Morgan fingerprint density at radius 3 is 1.89 bits per heavy atom. The van der Waals surface area contributed by atoms with Crippen molar-refractivity contribution in [2.75, 3.05) is 0 Å². The molecule has 8 nitrogen and oxygen atoms in total. The lowest BCUT2D eigenvalue weighted by Crippen LogP contribution is -1.95. The van der Waals surface area contributed by atoms with Crippen LogP contribution in [-0.4, -0.2) is 27.0 Å². The number of rotatable bonds is 2. The number of hydrogen-bond acceptors (Lipinski definition) is 4. The molecule has 0 fully saturated rings. The van der Waals surface area contributed by atoms with E-state index in [1.807, 2.05) is 0 Å². The predicted molar refractivity (Wildman–Crippen MR) is 104 cm³/mol. The van der Waals surface area contributed by atoms with Crippen LogP contribution in [0.25, 0.3) is 32.0 Å². The number of carboxylic acids is 1. The Morgan fingerprint density at radius 1 is 0.821 bits per heavy atom. The summed E-state index contributed by atoms with van der Waals surface area (Å²) in [6.07, 6.45) is 6.70. The highest BCUT2D eigenvalue weighted by molar-refractivity contribution is 5.98. The number of pyridine rings is 2. The molecule has 8 heteroatoms. The summed E-state index contributed by atoms with van der Waals surface area (Å²) in [6, 6.07) is 13.6. The molecule has 2 aromatic carbocycles. The number of amides is 1. The molecule has 0 unspecified atom stereocenters. The van der Waals surface area contributed by atoms with E-state index < -0.39 is 11.9 Å². The molecule has 2 heterocycles. The van der Waals surface area contributed by atoms with E-state index in [1.54, 1.807) is 73.3 Å². The van der Waals surface area contributed by atoms with Gasteiger partial charge in [-0.25, -0.2) is 4.79 Å². The summed E-state index contributed by atoms with van der Waals surface area (Å²) in [5, 5.41) is 15.4. The summed E-state index contributed by atoms with van der Waals surface area (Å²) in [7, 11) is 0. The van der Waals surface area contributed by atoms with E-state index in [0.29, 0.717) is 11.1 Å². The van der Waals surface area contributed by atoms with Crippen LogP contribution in [0, 0.1) is 0 Å². The van der Waals surface area contributed by atoms with E-state index in [9.17, 15) is 9.59 Å². The maximum atomic E-state index is 11.3. The molecule has 0 aliphatic carbocycles. The van der Waals surface area contributed by atoms with Gasteiger partial charge in [-0.1, -0.05) is 18.2 Å². The van der Waals surface area contributed by atoms with Crippen LogP contribution in [0.15, 0.2) is 78.4 Å². The van der Waals surface area contributed by atoms with Gasteiger partial charge < -0.3 is 5.11 Å². The SMILES string of the molecule is O=C(O)c1ccc2cnccc2c1.[N-]=[N+]=NC(=O)c1ccc2cnccc2c1. The molecule has 0 radical (unpaired) electrons.